The van der Waals surface area contributed by atoms with Crippen molar-refractivity contribution >= 4 is 23.5 Å². The minimum absolute atomic E-state index is 0.159. The zero-order valence-electron chi connectivity index (χ0n) is 8.05. The van der Waals surface area contributed by atoms with Gasteiger partial charge in [0.25, 0.3) is 5.91 Å². The molecule has 1 unspecified atom stereocenters. The molecule has 1 amide bonds. The van der Waals surface area contributed by atoms with Crippen molar-refractivity contribution in [3.05, 3.63) is 29.0 Å². The summed E-state index contributed by atoms with van der Waals surface area (Å²) in [6, 6.07) is 2.76. The van der Waals surface area contributed by atoms with E-state index in [0.717, 1.165) is 0 Å². The molecule has 0 saturated carbocycles. The molecule has 1 atom stereocenters. The number of nitrogens with zero attached hydrogens (tertiary/aromatic N) is 1. The molecule has 0 fully saturated rings. The second-order valence-corrected chi connectivity index (χ2v) is 3.32. The first-order valence-electron chi connectivity index (χ1n) is 4.31. The molecule has 0 saturated heterocycles. The molecule has 0 spiro atoms. The molecule has 1 aromatic rings. The Bertz CT molecular complexity index is 410. The average Bonchev–Trinajstić information content (AvgIpc) is 2.25. The van der Waals surface area contributed by atoms with E-state index >= 15 is 0 Å². The number of aliphatic hydroxyl groups excluding tert-OH is 1. The number of aliphatic carboxylic acids is 1. The predicted molar refractivity (Wildman–Crippen MR) is 55.2 cm³/mol. The van der Waals surface area contributed by atoms with Gasteiger partial charge < -0.3 is 15.5 Å². The van der Waals surface area contributed by atoms with E-state index in [1.54, 1.807) is 0 Å². The third-order valence-corrected chi connectivity index (χ3v) is 1.94. The predicted octanol–water partition coefficient (Wildman–Crippen LogP) is -0.0897. The number of carboxylic acid groups (broad SMARTS) is 1. The summed E-state index contributed by atoms with van der Waals surface area (Å²) in [5.74, 6) is -1.92. The summed E-state index contributed by atoms with van der Waals surface area (Å²) in [5, 5.41) is 19.7. The molecule has 16 heavy (non-hydrogen) atoms. The maximum atomic E-state index is 11.4. The van der Waals surface area contributed by atoms with Crippen LogP contribution < -0.4 is 5.32 Å². The summed E-state index contributed by atoms with van der Waals surface area (Å²) in [5.41, 5.74) is 0.248. The largest absolute Gasteiger partial charge is 0.479 e. The number of halogens is 1. The number of hydrogen-bond donors (Lipinski definition) is 3. The van der Waals surface area contributed by atoms with Crippen molar-refractivity contribution in [2.24, 2.45) is 0 Å². The number of aliphatic hydroxyl groups is 1. The van der Waals surface area contributed by atoms with Crippen molar-refractivity contribution < 1.29 is 19.8 Å². The minimum Gasteiger partial charge on any atom is -0.479 e. The quantitative estimate of drug-likeness (QED) is 0.643. The number of carbonyl (C=O) groups excluding carboxylic acids is 1. The second-order valence-electron chi connectivity index (χ2n) is 2.93. The third-order valence-electron chi connectivity index (χ3n) is 1.73. The highest BCUT2D eigenvalue weighted by atomic mass is 35.5. The van der Waals surface area contributed by atoms with Gasteiger partial charge in [0, 0.05) is 11.8 Å². The van der Waals surface area contributed by atoms with Gasteiger partial charge >= 0.3 is 5.97 Å². The zero-order chi connectivity index (χ0) is 12.1. The number of aromatic nitrogens is 1. The first-order valence-corrected chi connectivity index (χ1v) is 4.69. The monoisotopic (exact) mass is 244 g/mol. The van der Waals surface area contributed by atoms with Gasteiger partial charge in [-0.2, -0.15) is 0 Å². The van der Waals surface area contributed by atoms with Gasteiger partial charge in [-0.1, -0.05) is 11.6 Å². The van der Waals surface area contributed by atoms with Gasteiger partial charge in [-0.3, -0.25) is 4.79 Å². The Hall–Kier alpha value is -1.66. The Balaban J connectivity index is 2.56. The Morgan fingerprint density at radius 3 is 2.81 bits per heavy atom. The maximum absolute atomic E-state index is 11.4. The molecule has 0 radical (unpaired) electrons. The number of carbonyl (C=O) groups is 2. The fourth-order valence-electron chi connectivity index (χ4n) is 0.922. The molecule has 0 aliphatic heterocycles. The molecule has 1 heterocycles. The molecular formula is C9H9ClN2O4. The van der Waals surface area contributed by atoms with E-state index in [9.17, 15) is 9.59 Å². The fraction of sp³-hybridized carbons (Fsp3) is 0.222. The lowest BCUT2D eigenvalue weighted by molar-refractivity contribution is -0.146. The highest BCUT2D eigenvalue weighted by Gasteiger charge is 2.14. The first kappa shape index (κ1) is 12.4. The van der Waals surface area contributed by atoms with Crippen LogP contribution in [0.5, 0.6) is 0 Å². The molecule has 0 aliphatic carbocycles. The molecular weight excluding hydrogens is 236 g/mol. The molecule has 0 aliphatic rings. The molecule has 0 aromatic carbocycles. The van der Waals surface area contributed by atoms with Gasteiger partial charge in [-0.25, -0.2) is 9.78 Å². The summed E-state index contributed by atoms with van der Waals surface area (Å²) >= 11 is 5.57. The summed E-state index contributed by atoms with van der Waals surface area (Å²) in [6.07, 6.45) is -0.272. The summed E-state index contributed by atoms with van der Waals surface area (Å²) in [6.45, 7) is -0.367. The van der Waals surface area contributed by atoms with Gasteiger partial charge in [0.05, 0.1) is 6.54 Å². The zero-order valence-corrected chi connectivity index (χ0v) is 8.81. The molecule has 3 N–H and O–H groups in total. The van der Waals surface area contributed by atoms with Crippen LogP contribution in [0, 0.1) is 0 Å². The minimum atomic E-state index is -1.62. The summed E-state index contributed by atoms with van der Waals surface area (Å²) in [7, 11) is 0. The molecule has 0 bridgehead atoms. The molecule has 1 aromatic heterocycles. The van der Waals surface area contributed by atoms with Crippen LogP contribution in [0.25, 0.3) is 0 Å². The van der Waals surface area contributed by atoms with Crippen molar-refractivity contribution in [3.8, 4) is 0 Å². The lowest BCUT2D eigenvalue weighted by Crippen LogP contribution is -2.36. The van der Waals surface area contributed by atoms with Crippen LogP contribution in [0.15, 0.2) is 18.3 Å². The Labute approximate surface area is 95.9 Å². The van der Waals surface area contributed by atoms with Gasteiger partial charge in [0.15, 0.2) is 6.10 Å². The van der Waals surface area contributed by atoms with E-state index < -0.39 is 18.0 Å². The van der Waals surface area contributed by atoms with E-state index in [4.69, 9.17) is 21.8 Å². The van der Waals surface area contributed by atoms with Crippen LogP contribution in [0.1, 0.15) is 10.4 Å². The Morgan fingerprint density at radius 1 is 1.56 bits per heavy atom. The molecule has 86 valence electrons. The van der Waals surface area contributed by atoms with E-state index in [0.29, 0.717) is 0 Å². The highest BCUT2D eigenvalue weighted by molar-refractivity contribution is 6.29. The standard InChI is InChI=1S/C9H9ClN2O4/c10-7-3-5(1-2-11-7)8(14)12-4-6(13)9(15)16/h1-3,6,13H,4H2,(H,12,14)(H,15,16). The summed E-state index contributed by atoms with van der Waals surface area (Å²) < 4.78 is 0. The average molecular weight is 245 g/mol. The Morgan fingerprint density at radius 2 is 2.25 bits per heavy atom. The SMILES string of the molecule is O=C(NCC(O)C(=O)O)c1ccnc(Cl)c1. The lowest BCUT2D eigenvalue weighted by Gasteiger charge is -2.07. The number of carboxylic acids is 1. The van der Waals surface area contributed by atoms with Crippen molar-refractivity contribution in [2.45, 2.75) is 6.10 Å². The van der Waals surface area contributed by atoms with E-state index in [-0.39, 0.29) is 17.3 Å². The van der Waals surface area contributed by atoms with Gasteiger partial charge in [-0.15, -0.1) is 0 Å². The van der Waals surface area contributed by atoms with Gasteiger partial charge in [0.2, 0.25) is 0 Å². The van der Waals surface area contributed by atoms with Gasteiger partial charge in [0.1, 0.15) is 5.15 Å². The highest BCUT2D eigenvalue weighted by Crippen LogP contribution is 2.06. The Kier molecular flexibility index (Phi) is 4.21. The van der Waals surface area contributed by atoms with Crippen molar-refractivity contribution in [2.75, 3.05) is 6.54 Å². The summed E-state index contributed by atoms with van der Waals surface area (Å²) in [4.78, 5) is 25.4. The van der Waals surface area contributed by atoms with Crippen LogP contribution in [0.4, 0.5) is 0 Å². The maximum Gasteiger partial charge on any atom is 0.334 e. The van der Waals surface area contributed by atoms with Crippen LogP contribution in [-0.2, 0) is 4.79 Å². The molecule has 1 rings (SSSR count). The smallest absolute Gasteiger partial charge is 0.334 e. The van der Waals surface area contributed by atoms with E-state index in [2.05, 4.69) is 10.3 Å². The second kappa shape index (κ2) is 5.43. The normalized spacial score (nSPS) is 11.9. The first-order chi connectivity index (χ1) is 7.50. The number of rotatable bonds is 4. The van der Waals surface area contributed by atoms with Crippen molar-refractivity contribution in [3.63, 3.8) is 0 Å². The lowest BCUT2D eigenvalue weighted by atomic mass is 10.2. The van der Waals surface area contributed by atoms with E-state index in [1.807, 2.05) is 0 Å². The number of hydrogen-bond acceptors (Lipinski definition) is 4. The van der Waals surface area contributed by atoms with Gasteiger partial charge in [-0.05, 0) is 12.1 Å². The molecule has 6 nitrogen and oxygen atoms in total. The van der Waals surface area contributed by atoms with Crippen LogP contribution >= 0.6 is 11.6 Å². The van der Waals surface area contributed by atoms with Crippen molar-refractivity contribution in [1.29, 1.82) is 0 Å². The topological polar surface area (TPSA) is 99.5 Å². The van der Waals surface area contributed by atoms with Crippen molar-refractivity contribution in [1.82, 2.24) is 10.3 Å². The van der Waals surface area contributed by atoms with Crippen LogP contribution in [-0.4, -0.2) is 39.7 Å². The fourth-order valence-corrected chi connectivity index (χ4v) is 1.10. The number of pyridine rings is 1. The molecule has 7 heteroatoms. The number of amides is 1. The van der Waals surface area contributed by atoms with Crippen LogP contribution in [0.2, 0.25) is 5.15 Å². The number of nitrogens with one attached hydrogen (secondary N) is 1. The van der Waals surface area contributed by atoms with Crippen LogP contribution in [0.3, 0.4) is 0 Å². The third kappa shape index (κ3) is 3.48. The van der Waals surface area contributed by atoms with E-state index in [1.165, 1.54) is 18.3 Å².